The lowest BCUT2D eigenvalue weighted by atomic mass is 10.1. The van der Waals surface area contributed by atoms with Gasteiger partial charge in [-0.05, 0) is 50.4 Å². The molecule has 170 valence electrons. The lowest BCUT2D eigenvalue weighted by Gasteiger charge is -2.26. The highest BCUT2D eigenvalue weighted by Crippen LogP contribution is 2.14. The molecule has 0 amide bonds. The highest BCUT2D eigenvalue weighted by Gasteiger charge is 2.10. The fourth-order valence-corrected chi connectivity index (χ4v) is 3.66. The molecular formula is C23H37N7O. The van der Waals surface area contributed by atoms with E-state index in [2.05, 4.69) is 50.0 Å². The molecule has 0 aliphatic carbocycles. The molecule has 8 heteroatoms. The molecule has 8 nitrogen and oxygen atoms in total. The number of nitrogens with zero attached hydrogens (tertiary/aromatic N) is 5. The molecule has 0 unspecified atom stereocenters. The second-order valence-electron chi connectivity index (χ2n) is 8.17. The molecule has 3 rings (SSSR count). The summed E-state index contributed by atoms with van der Waals surface area (Å²) in [4.78, 5) is 7.33. The van der Waals surface area contributed by atoms with E-state index < -0.39 is 0 Å². The van der Waals surface area contributed by atoms with E-state index in [9.17, 15) is 0 Å². The number of hydrogen-bond acceptors (Lipinski definition) is 5. The first-order chi connectivity index (χ1) is 15.2. The van der Waals surface area contributed by atoms with Crippen LogP contribution in [0.2, 0.25) is 0 Å². The highest BCUT2D eigenvalue weighted by molar-refractivity contribution is 5.79. The predicted molar refractivity (Wildman–Crippen MR) is 124 cm³/mol. The first-order valence-corrected chi connectivity index (χ1v) is 11.3. The molecule has 31 heavy (non-hydrogen) atoms. The van der Waals surface area contributed by atoms with Gasteiger partial charge in [0.2, 0.25) is 0 Å². The monoisotopic (exact) mass is 427 g/mol. The van der Waals surface area contributed by atoms with Crippen molar-refractivity contribution in [1.29, 1.82) is 0 Å². The van der Waals surface area contributed by atoms with Crippen molar-refractivity contribution in [1.82, 2.24) is 30.3 Å². The van der Waals surface area contributed by atoms with Gasteiger partial charge in [0, 0.05) is 33.9 Å². The maximum Gasteiger partial charge on any atom is 0.191 e. The number of likely N-dealkylation sites (tertiary alicyclic amines) is 1. The summed E-state index contributed by atoms with van der Waals surface area (Å²) < 4.78 is 7.12. The second kappa shape index (κ2) is 12.4. The molecule has 2 N–H and O–H groups in total. The van der Waals surface area contributed by atoms with Crippen LogP contribution in [0.3, 0.4) is 0 Å². The van der Waals surface area contributed by atoms with Gasteiger partial charge in [0.1, 0.15) is 5.82 Å². The highest BCUT2D eigenvalue weighted by atomic mass is 16.5. The molecule has 1 aliphatic heterocycles. The number of guanidine groups is 1. The summed E-state index contributed by atoms with van der Waals surface area (Å²) in [5.41, 5.74) is 2.58. The lowest BCUT2D eigenvalue weighted by molar-refractivity contribution is 0.195. The third-order valence-electron chi connectivity index (χ3n) is 5.71. The first-order valence-electron chi connectivity index (χ1n) is 11.3. The fourth-order valence-electron chi connectivity index (χ4n) is 3.66. The van der Waals surface area contributed by atoms with Crippen LogP contribution in [-0.2, 0) is 31.4 Å². The molecular weight excluding hydrogens is 390 g/mol. The Hall–Kier alpha value is -2.45. The van der Waals surface area contributed by atoms with Gasteiger partial charge in [-0.1, -0.05) is 30.7 Å². The Labute approximate surface area is 186 Å². The second-order valence-corrected chi connectivity index (χ2v) is 8.17. The molecule has 0 saturated carbocycles. The average molecular weight is 428 g/mol. The summed E-state index contributed by atoms with van der Waals surface area (Å²) in [6.07, 6.45) is 4.95. The van der Waals surface area contributed by atoms with E-state index in [4.69, 9.17) is 9.73 Å². The van der Waals surface area contributed by atoms with Gasteiger partial charge in [-0.3, -0.25) is 4.90 Å². The first kappa shape index (κ1) is 23.2. The maximum atomic E-state index is 5.14. The fraction of sp³-hybridized carbons (Fsp3) is 0.609. The van der Waals surface area contributed by atoms with Crippen LogP contribution >= 0.6 is 0 Å². The zero-order valence-corrected chi connectivity index (χ0v) is 19.2. The third kappa shape index (κ3) is 7.63. The summed E-state index contributed by atoms with van der Waals surface area (Å²) in [7, 11) is 3.69. The van der Waals surface area contributed by atoms with E-state index in [1.54, 1.807) is 7.11 Å². The van der Waals surface area contributed by atoms with E-state index in [0.717, 1.165) is 43.7 Å². The molecule has 1 saturated heterocycles. The van der Waals surface area contributed by atoms with E-state index >= 15 is 0 Å². The van der Waals surface area contributed by atoms with Crippen LogP contribution in [0.25, 0.3) is 0 Å². The van der Waals surface area contributed by atoms with Gasteiger partial charge in [-0.15, -0.1) is 10.2 Å². The van der Waals surface area contributed by atoms with Crippen molar-refractivity contribution in [3.63, 3.8) is 0 Å². The maximum absolute atomic E-state index is 5.14. The number of rotatable bonds is 10. The van der Waals surface area contributed by atoms with Crippen molar-refractivity contribution >= 4 is 5.96 Å². The Morgan fingerprint density at radius 2 is 1.81 bits per heavy atom. The number of piperidine rings is 1. The minimum atomic E-state index is 0.572. The van der Waals surface area contributed by atoms with Crippen LogP contribution in [0, 0.1) is 6.92 Å². The molecule has 1 fully saturated rings. The molecule has 1 aromatic carbocycles. The Morgan fingerprint density at radius 3 is 2.48 bits per heavy atom. The van der Waals surface area contributed by atoms with Crippen molar-refractivity contribution in [2.75, 3.05) is 33.4 Å². The molecule has 0 spiro atoms. The van der Waals surface area contributed by atoms with Crippen molar-refractivity contribution in [3.8, 4) is 0 Å². The average Bonchev–Trinajstić information content (AvgIpc) is 3.12. The number of benzene rings is 1. The van der Waals surface area contributed by atoms with E-state index in [1.807, 2.05) is 18.5 Å². The number of methoxy groups -OCH3 is 1. The molecule has 1 aromatic heterocycles. The van der Waals surface area contributed by atoms with Gasteiger partial charge in [0.25, 0.3) is 0 Å². The van der Waals surface area contributed by atoms with Gasteiger partial charge < -0.3 is 19.9 Å². The molecule has 0 bridgehead atoms. The number of hydrogen-bond donors (Lipinski definition) is 2. The summed E-state index contributed by atoms with van der Waals surface area (Å²) in [6, 6.07) is 8.86. The van der Waals surface area contributed by atoms with Crippen LogP contribution < -0.4 is 10.6 Å². The van der Waals surface area contributed by atoms with Gasteiger partial charge in [0.15, 0.2) is 11.8 Å². The van der Waals surface area contributed by atoms with Crippen LogP contribution in [0.15, 0.2) is 29.3 Å². The van der Waals surface area contributed by atoms with Crippen molar-refractivity contribution in [3.05, 3.63) is 47.0 Å². The van der Waals surface area contributed by atoms with Crippen LogP contribution in [0.1, 0.15) is 48.5 Å². The van der Waals surface area contributed by atoms with Crippen LogP contribution in [-0.4, -0.2) is 59.0 Å². The summed E-state index contributed by atoms with van der Waals surface area (Å²) in [5, 5.41) is 15.1. The lowest BCUT2D eigenvalue weighted by Crippen LogP contribution is -2.38. The van der Waals surface area contributed by atoms with E-state index in [-0.39, 0.29) is 0 Å². The Bertz CT molecular complexity index is 810. The number of aryl methyl sites for hydroxylation is 1. The Balaban J connectivity index is 1.55. The smallest absolute Gasteiger partial charge is 0.191 e. The van der Waals surface area contributed by atoms with Crippen LogP contribution in [0.4, 0.5) is 0 Å². The van der Waals surface area contributed by atoms with E-state index in [1.165, 1.54) is 43.5 Å². The Morgan fingerprint density at radius 1 is 1.06 bits per heavy atom. The molecule has 2 heterocycles. The van der Waals surface area contributed by atoms with Gasteiger partial charge >= 0.3 is 0 Å². The van der Waals surface area contributed by atoms with Crippen molar-refractivity contribution in [2.45, 2.75) is 52.2 Å². The quantitative estimate of drug-likeness (QED) is 0.344. The third-order valence-corrected chi connectivity index (χ3v) is 5.71. The topological polar surface area (TPSA) is 79.6 Å². The molecule has 0 atom stereocenters. The molecule has 0 radical (unpaired) electrons. The minimum Gasteiger partial charge on any atom is -0.385 e. The van der Waals surface area contributed by atoms with Crippen LogP contribution in [0.5, 0.6) is 0 Å². The SMILES string of the molecule is COCCCNC(=NCc1ccc(CN2CCCCC2)cc1)NCc1nnc(C)n1C. The summed E-state index contributed by atoms with van der Waals surface area (Å²) in [5.74, 6) is 2.55. The zero-order valence-electron chi connectivity index (χ0n) is 19.2. The standard InChI is InChI=1S/C23H37N7O/c1-19-27-28-22(29(19)2)17-26-23(24-12-7-15-31-3)25-16-20-8-10-21(11-9-20)18-30-13-5-4-6-14-30/h8-11H,4-7,12-18H2,1-3H3,(H2,24,25,26). The largest absolute Gasteiger partial charge is 0.385 e. The molecule has 1 aliphatic rings. The number of aromatic nitrogens is 3. The number of nitrogens with one attached hydrogen (secondary N) is 2. The number of aliphatic imine (C=N–C) groups is 1. The van der Waals surface area contributed by atoms with Gasteiger partial charge in [-0.2, -0.15) is 0 Å². The minimum absolute atomic E-state index is 0.572. The number of ether oxygens (including phenoxy) is 1. The van der Waals surface area contributed by atoms with Crippen molar-refractivity contribution in [2.24, 2.45) is 12.0 Å². The summed E-state index contributed by atoms with van der Waals surface area (Å²) >= 11 is 0. The normalized spacial score (nSPS) is 15.3. The molecule has 2 aromatic rings. The Kier molecular flexibility index (Phi) is 9.30. The zero-order chi connectivity index (χ0) is 21.9. The van der Waals surface area contributed by atoms with Crippen molar-refractivity contribution < 1.29 is 4.74 Å². The summed E-state index contributed by atoms with van der Waals surface area (Å²) in [6.45, 7) is 8.16. The van der Waals surface area contributed by atoms with E-state index in [0.29, 0.717) is 13.1 Å². The predicted octanol–water partition coefficient (Wildman–Crippen LogP) is 2.38. The van der Waals surface area contributed by atoms with Gasteiger partial charge in [0.05, 0.1) is 13.1 Å². The van der Waals surface area contributed by atoms with Gasteiger partial charge in [-0.25, -0.2) is 4.99 Å².